The maximum Gasteiger partial charge on any atom is 0.124 e. The first-order chi connectivity index (χ1) is 22.2. The Hall–Kier alpha value is -4.79. The van der Waals surface area contributed by atoms with Crippen molar-refractivity contribution in [1.82, 2.24) is 25.8 Å². The van der Waals surface area contributed by atoms with Gasteiger partial charge in [-0.2, -0.15) is 5.10 Å². The first kappa shape index (κ1) is 32.6. The number of pyridine rings is 1. The smallest absolute Gasteiger partial charge is 0.124 e. The highest BCUT2D eigenvalue weighted by Crippen LogP contribution is 2.31. The molecular weight excluding hydrogens is 573 g/mol. The van der Waals surface area contributed by atoms with Gasteiger partial charge in [0.25, 0.3) is 0 Å². The molecule has 0 saturated carbocycles. The molecule has 8 heteroatoms. The van der Waals surface area contributed by atoms with E-state index in [1.165, 1.54) is 12.8 Å². The number of rotatable bonds is 12. The molecular formula is C38H44FN7. The highest BCUT2D eigenvalue weighted by molar-refractivity contribution is 5.81. The molecule has 5 N–H and O–H groups in total. The lowest BCUT2D eigenvalue weighted by Crippen LogP contribution is -2.28. The van der Waals surface area contributed by atoms with Gasteiger partial charge in [0.1, 0.15) is 11.5 Å². The van der Waals surface area contributed by atoms with Gasteiger partial charge in [0, 0.05) is 29.3 Å². The summed E-state index contributed by atoms with van der Waals surface area (Å²) in [6, 6.07) is 13.1. The largest absolute Gasteiger partial charge is 0.358 e. The minimum absolute atomic E-state index is 0.259. The van der Waals surface area contributed by atoms with Crippen LogP contribution in [0.25, 0.3) is 35.1 Å². The van der Waals surface area contributed by atoms with E-state index in [9.17, 15) is 4.39 Å². The van der Waals surface area contributed by atoms with Gasteiger partial charge in [-0.05, 0) is 129 Å². The van der Waals surface area contributed by atoms with Crippen molar-refractivity contribution < 1.29 is 4.39 Å². The fraction of sp³-hybridized carbons (Fsp3) is 0.263. The van der Waals surface area contributed by atoms with Gasteiger partial charge in [-0.25, -0.2) is 4.39 Å². The Morgan fingerprint density at radius 1 is 1.09 bits per heavy atom. The molecule has 3 heterocycles. The van der Waals surface area contributed by atoms with Gasteiger partial charge in [0.05, 0.1) is 22.9 Å². The van der Waals surface area contributed by atoms with Gasteiger partial charge in [0.2, 0.25) is 0 Å². The number of nitrogens with zero attached hydrogens (tertiary/aromatic N) is 2. The Kier molecular flexibility index (Phi) is 10.6. The van der Waals surface area contributed by atoms with Crippen LogP contribution in [0.15, 0.2) is 79.8 Å². The van der Waals surface area contributed by atoms with Gasteiger partial charge in [-0.15, -0.1) is 0 Å². The van der Waals surface area contributed by atoms with E-state index in [0.29, 0.717) is 23.9 Å². The van der Waals surface area contributed by atoms with E-state index in [1.54, 1.807) is 12.1 Å². The quantitative estimate of drug-likeness (QED) is 0.128. The molecule has 4 aromatic rings. The lowest BCUT2D eigenvalue weighted by atomic mass is 9.93. The number of aromatic amines is 1. The number of hydrogen-bond acceptors (Lipinski definition) is 6. The summed E-state index contributed by atoms with van der Waals surface area (Å²) >= 11 is 0. The minimum atomic E-state index is -0.259. The molecule has 7 nitrogen and oxygen atoms in total. The maximum absolute atomic E-state index is 14.4. The van der Waals surface area contributed by atoms with Gasteiger partial charge < -0.3 is 21.3 Å². The van der Waals surface area contributed by atoms with Crippen molar-refractivity contribution in [3.63, 3.8) is 0 Å². The van der Waals surface area contributed by atoms with E-state index in [4.69, 9.17) is 0 Å². The van der Waals surface area contributed by atoms with E-state index in [1.807, 2.05) is 62.8 Å². The third-order valence-electron chi connectivity index (χ3n) is 8.46. The zero-order valence-electron chi connectivity index (χ0n) is 27.1. The van der Waals surface area contributed by atoms with Gasteiger partial charge in [-0.3, -0.25) is 10.1 Å². The molecule has 0 atom stereocenters. The van der Waals surface area contributed by atoms with Crippen LogP contribution in [0.4, 0.5) is 15.8 Å². The number of hydrogen-bond donors (Lipinski definition) is 5. The zero-order valence-corrected chi connectivity index (χ0v) is 27.1. The van der Waals surface area contributed by atoms with Crippen LogP contribution in [0.3, 0.4) is 0 Å². The van der Waals surface area contributed by atoms with Gasteiger partial charge in [-0.1, -0.05) is 37.9 Å². The highest BCUT2D eigenvalue weighted by atomic mass is 19.1. The zero-order chi connectivity index (χ0) is 32.6. The molecule has 1 aliphatic heterocycles. The number of allylic oxidation sites excluding steroid dienone is 3. The van der Waals surface area contributed by atoms with Gasteiger partial charge >= 0.3 is 0 Å². The Bertz CT molecular complexity index is 1860. The predicted molar refractivity (Wildman–Crippen MR) is 191 cm³/mol. The van der Waals surface area contributed by atoms with Crippen molar-refractivity contribution >= 4 is 35.3 Å². The van der Waals surface area contributed by atoms with E-state index in [-0.39, 0.29) is 5.82 Å². The Morgan fingerprint density at radius 2 is 1.89 bits per heavy atom. The summed E-state index contributed by atoms with van der Waals surface area (Å²) in [7, 11) is 1.85. The number of piperidine rings is 1. The fourth-order valence-electron chi connectivity index (χ4n) is 5.90. The lowest BCUT2D eigenvalue weighted by molar-refractivity contribution is 0.373. The number of halogens is 1. The summed E-state index contributed by atoms with van der Waals surface area (Å²) in [6.45, 7) is 19.6. The van der Waals surface area contributed by atoms with E-state index < -0.39 is 0 Å². The standard InChI is InChI=1S/C38H44FN7/c1-24(32-20-34(23-42-22-32)43-25(2)16-29-12-14-41-15-13-29)10-11-37-27(4)38(46-45-37)28(5)44-36-9-7-8-35(26(36)3)31-17-30(21-40-6)18-33(39)19-31/h7-11,17-20,22-23,29,40-41,43-45H,2,4-5,12-16,21H2,1,3,6H3/b24-10+,37-11+. The second kappa shape index (κ2) is 15.0. The summed E-state index contributed by atoms with van der Waals surface area (Å²) in [5, 5.41) is 22.5. The topological polar surface area (TPSA) is 89.7 Å². The Balaban J connectivity index is 1.28. The summed E-state index contributed by atoms with van der Waals surface area (Å²) in [6.07, 6.45) is 11.0. The van der Waals surface area contributed by atoms with Crippen molar-refractivity contribution in [2.45, 2.75) is 39.7 Å². The van der Waals surface area contributed by atoms with Crippen LogP contribution in [-0.2, 0) is 6.54 Å². The molecule has 1 aliphatic rings. The van der Waals surface area contributed by atoms with E-state index in [2.05, 4.69) is 69.2 Å². The minimum Gasteiger partial charge on any atom is -0.358 e. The normalized spacial score (nSPS) is 14.3. The van der Waals surface area contributed by atoms with Crippen molar-refractivity contribution in [3.8, 4) is 11.1 Å². The Morgan fingerprint density at radius 3 is 2.67 bits per heavy atom. The summed E-state index contributed by atoms with van der Waals surface area (Å²) < 4.78 is 14.4. The van der Waals surface area contributed by atoms with Crippen molar-refractivity contribution in [1.29, 1.82) is 0 Å². The number of aromatic nitrogens is 3. The highest BCUT2D eigenvalue weighted by Gasteiger charge is 2.15. The molecule has 0 unspecified atom stereocenters. The average Bonchev–Trinajstić information content (AvgIpc) is 3.41. The summed E-state index contributed by atoms with van der Waals surface area (Å²) in [5.41, 5.74) is 9.79. The van der Waals surface area contributed by atoms with Crippen LogP contribution in [0.1, 0.15) is 48.6 Å². The third kappa shape index (κ3) is 8.07. The van der Waals surface area contributed by atoms with Gasteiger partial charge in [0.15, 0.2) is 0 Å². The molecule has 5 rings (SSSR count). The lowest BCUT2D eigenvalue weighted by Gasteiger charge is -2.23. The number of anilines is 2. The summed E-state index contributed by atoms with van der Waals surface area (Å²) in [4.78, 5) is 4.45. The van der Waals surface area contributed by atoms with Crippen LogP contribution in [-0.4, -0.2) is 35.3 Å². The van der Waals surface area contributed by atoms with Crippen molar-refractivity contribution in [2.24, 2.45) is 5.92 Å². The van der Waals surface area contributed by atoms with Crippen LogP contribution in [0, 0.1) is 18.7 Å². The van der Waals surface area contributed by atoms with Crippen molar-refractivity contribution in [3.05, 3.63) is 119 Å². The molecule has 1 saturated heterocycles. The second-order valence-electron chi connectivity index (χ2n) is 12.0. The first-order valence-electron chi connectivity index (χ1n) is 15.7. The molecule has 1 fully saturated rings. The molecule has 2 aromatic heterocycles. The van der Waals surface area contributed by atoms with E-state index in [0.717, 1.165) is 80.5 Å². The van der Waals surface area contributed by atoms with Crippen LogP contribution < -0.4 is 31.8 Å². The molecule has 0 spiro atoms. The Labute approximate surface area is 271 Å². The SMILES string of the molecule is C=C(CC1CCNCC1)Nc1cncc(/C(C)=C/C=c2/[nH]nc(C(=C)Nc3cccc(-c4cc(F)cc(CNC)c4)c3C)c2=C)c1. The molecule has 238 valence electrons. The molecule has 0 amide bonds. The molecule has 0 radical (unpaired) electrons. The molecule has 46 heavy (non-hydrogen) atoms. The predicted octanol–water partition coefficient (Wildman–Crippen LogP) is 6.33. The van der Waals surface area contributed by atoms with Crippen molar-refractivity contribution in [2.75, 3.05) is 30.8 Å². The second-order valence-corrected chi connectivity index (χ2v) is 12.0. The third-order valence-corrected chi connectivity index (χ3v) is 8.46. The molecule has 0 aliphatic carbocycles. The maximum atomic E-state index is 14.4. The first-order valence-corrected chi connectivity index (χ1v) is 15.7. The molecule has 2 aromatic carbocycles. The van der Waals surface area contributed by atoms with Crippen LogP contribution in [0.5, 0.6) is 0 Å². The number of benzene rings is 2. The fourth-order valence-corrected chi connectivity index (χ4v) is 5.90. The van der Waals surface area contributed by atoms with Crippen LogP contribution in [0.2, 0.25) is 0 Å². The van der Waals surface area contributed by atoms with Crippen LogP contribution >= 0.6 is 0 Å². The average molecular weight is 618 g/mol. The monoisotopic (exact) mass is 617 g/mol. The van der Waals surface area contributed by atoms with E-state index >= 15 is 0 Å². The number of nitrogens with one attached hydrogen (secondary N) is 5. The molecule has 0 bridgehead atoms. The number of H-pyrrole nitrogens is 1. The summed E-state index contributed by atoms with van der Waals surface area (Å²) in [5.74, 6) is 0.410.